The normalized spacial score (nSPS) is 16.0. The first-order valence-corrected chi connectivity index (χ1v) is 9.21. The maximum Gasteiger partial charge on any atom is 0.225 e. The molecule has 0 aliphatic heterocycles. The Morgan fingerprint density at radius 1 is 1.38 bits per heavy atom. The van der Waals surface area contributed by atoms with Gasteiger partial charge in [0.25, 0.3) is 0 Å². The summed E-state index contributed by atoms with van der Waals surface area (Å²) in [4.78, 5) is 19.1. The Hall–Kier alpha value is -1.20. The number of carbonyl (C=O) groups is 1. The second-order valence-electron chi connectivity index (χ2n) is 5.56. The summed E-state index contributed by atoms with van der Waals surface area (Å²) in [5.41, 5.74) is 0.992. The van der Waals surface area contributed by atoms with Crippen LogP contribution in [0.2, 0.25) is 0 Å². The third-order valence-corrected chi connectivity index (χ3v) is 5.70. The molecule has 1 aliphatic rings. The molecule has 1 N–H and O–H groups in total. The summed E-state index contributed by atoms with van der Waals surface area (Å²) in [5.74, 6) is 0.142. The lowest BCUT2D eigenvalue weighted by molar-refractivity contribution is -0.121. The van der Waals surface area contributed by atoms with Crippen LogP contribution in [0.5, 0.6) is 0 Å². The summed E-state index contributed by atoms with van der Waals surface area (Å²) in [5, 5.41) is 6.27. The van der Waals surface area contributed by atoms with Gasteiger partial charge in [0.1, 0.15) is 0 Å². The van der Waals surface area contributed by atoms with Crippen LogP contribution in [0, 0.1) is 6.92 Å². The van der Waals surface area contributed by atoms with Gasteiger partial charge in [0.05, 0.1) is 22.0 Å². The SMILES string of the molecule is Cc1nc(-c2cccs2)c(CC(=O)NC2CCCCC2)s1. The number of rotatable bonds is 4. The fourth-order valence-corrected chi connectivity index (χ4v) is 4.62. The molecule has 3 nitrogen and oxygen atoms in total. The van der Waals surface area contributed by atoms with Gasteiger partial charge < -0.3 is 5.32 Å². The third kappa shape index (κ3) is 3.71. The van der Waals surface area contributed by atoms with Gasteiger partial charge in [-0.05, 0) is 31.2 Å². The van der Waals surface area contributed by atoms with Gasteiger partial charge in [-0.25, -0.2) is 4.98 Å². The zero-order valence-corrected chi connectivity index (χ0v) is 13.9. The van der Waals surface area contributed by atoms with Crippen LogP contribution < -0.4 is 5.32 Å². The average molecular weight is 320 g/mol. The molecule has 0 radical (unpaired) electrons. The largest absolute Gasteiger partial charge is 0.353 e. The number of aryl methyl sites for hydroxylation is 1. The van der Waals surface area contributed by atoms with E-state index in [-0.39, 0.29) is 5.91 Å². The number of hydrogen-bond acceptors (Lipinski definition) is 4. The van der Waals surface area contributed by atoms with E-state index in [2.05, 4.69) is 21.7 Å². The summed E-state index contributed by atoms with van der Waals surface area (Å²) in [7, 11) is 0. The van der Waals surface area contributed by atoms with Crippen molar-refractivity contribution in [3.63, 3.8) is 0 Å². The topological polar surface area (TPSA) is 42.0 Å². The first-order valence-electron chi connectivity index (χ1n) is 7.52. The zero-order valence-electron chi connectivity index (χ0n) is 12.2. The highest BCUT2D eigenvalue weighted by Gasteiger charge is 2.19. The minimum Gasteiger partial charge on any atom is -0.353 e. The highest BCUT2D eigenvalue weighted by Crippen LogP contribution is 2.31. The van der Waals surface area contributed by atoms with E-state index < -0.39 is 0 Å². The van der Waals surface area contributed by atoms with Gasteiger partial charge in [-0.15, -0.1) is 22.7 Å². The molecule has 0 bridgehead atoms. The molecule has 1 fully saturated rings. The van der Waals surface area contributed by atoms with Gasteiger partial charge in [0.2, 0.25) is 5.91 Å². The van der Waals surface area contributed by atoms with E-state index in [4.69, 9.17) is 0 Å². The number of thiophene rings is 1. The van der Waals surface area contributed by atoms with Crippen molar-refractivity contribution in [3.05, 3.63) is 27.4 Å². The van der Waals surface area contributed by atoms with Crippen LogP contribution in [0.4, 0.5) is 0 Å². The average Bonchev–Trinajstić information content (AvgIpc) is 3.09. The standard InChI is InChI=1S/C16H20N2OS2/c1-11-17-16(13-8-5-9-20-13)14(21-11)10-15(19)18-12-6-3-2-4-7-12/h5,8-9,12H,2-4,6-7,10H2,1H3,(H,18,19). The molecule has 0 aromatic carbocycles. The van der Waals surface area contributed by atoms with Crippen LogP contribution in [0.25, 0.3) is 10.6 Å². The van der Waals surface area contributed by atoms with Crippen molar-refractivity contribution in [1.82, 2.24) is 10.3 Å². The van der Waals surface area contributed by atoms with E-state index >= 15 is 0 Å². The fourth-order valence-electron chi connectivity index (χ4n) is 2.87. The molecule has 5 heteroatoms. The molecular formula is C16H20N2OS2. The molecule has 1 aliphatic carbocycles. The van der Waals surface area contributed by atoms with Crippen molar-refractivity contribution >= 4 is 28.6 Å². The molecule has 2 aromatic rings. The summed E-state index contributed by atoms with van der Waals surface area (Å²) in [6.45, 7) is 2.00. The lowest BCUT2D eigenvalue weighted by Gasteiger charge is -2.22. The van der Waals surface area contributed by atoms with E-state index in [9.17, 15) is 4.79 Å². The lowest BCUT2D eigenvalue weighted by atomic mass is 9.95. The zero-order chi connectivity index (χ0) is 14.7. The van der Waals surface area contributed by atoms with E-state index in [1.54, 1.807) is 22.7 Å². The Labute approximate surface area is 133 Å². The van der Waals surface area contributed by atoms with Crippen molar-refractivity contribution in [2.24, 2.45) is 0 Å². The monoisotopic (exact) mass is 320 g/mol. The second-order valence-corrected chi connectivity index (χ2v) is 7.80. The Morgan fingerprint density at radius 3 is 2.90 bits per heavy atom. The van der Waals surface area contributed by atoms with Crippen molar-refractivity contribution in [1.29, 1.82) is 0 Å². The van der Waals surface area contributed by atoms with Gasteiger partial charge in [0, 0.05) is 10.9 Å². The molecular weight excluding hydrogens is 300 g/mol. The van der Waals surface area contributed by atoms with Crippen molar-refractivity contribution in [3.8, 4) is 10.6 Å². The molecule has 3 rings (SSSR count). The first kappa shape index (κ1) is 14.7. The lowest BCUT2D eigenvalue weighted by Crippen LogP contribution is -2.37. The van der Waals surface area contributed by atoms with Crippen LogP contribution in [0.15, 0.2) is 17.5 Å². The van der Waals surface area contributed by atoms with E-state index in [0.717, 1.165) is 33.3 Å². The molecule has 0 saturated heterocycles. The minimum atomic E-state index is 0.142. The highest BCUT2D eigenvalue weighted by molar-refractivity contribution is 7.15. The number of carbonyl (C=O) groups excluding carboxylic acids is 1. The molecule has 1 saturated carbocycles. The number of nitrogens with zero attached hydrogens (tertiary/aromatic N) is 1. The summed E-state index contributed by atoms with van der Waals surface area (Å²) < 4.78 is 0. The van der Waals surface area contributed by atoms with E-state index in [0.29, 0.717) is 12.5 Å². The number of thiazole rings is 1. The van der Waals surface area contributed by atoms with Crippen molar-refractivity contribution < 1.29 is 4.79 Å². The number of aromatic nitrogens is 1. The molecule has 2 heterocycles. The minimum absolute atomic E-state index is 0.142. The third-order valence-electron chi connectivity index (χ3n) is 3.85. The molecule has 112 valence electrons. The maximum absolute atomic E-state index is 12.3. The number of amides is 1. The fraction of sp³-hybridized carbons (Fsp3) is 0.500. The molecule has 2 aromatic heterocycles. The Balaban J connectivity index is 1.68. The van der Waals surface area contributed by atoms with Crippen molar-refractivity contribution in [2.75, 3.05) is 0 Å². The van der Waals surface area contributed by atoms with Gasteiger partial charge in [-0.2, -0.15) is 0 Å². The Morgan fingerprint density at radius 2 is 2.19 bits per heavy atom. The molecule has 1 amide bonds. The quantitative estimate of drug-likeness (QED) is 0.918. The molecule has 0 atom stereocenters. The maximum atomic E-state index is 12.3. The summed E-state index contributed by atoms with van der Waals surface area (Å²) in [6, 6.07) is 4.48. The first-order chi connectivity index (χ1) is 10.2. The molecule has 21 heavy (non-hydrogen) atoms. The van der Waals surface area contributed by atoms with Gasteiger partial charge in [-0.1, -0.05) is 25.3 Å². The number of hydrogen-bond donors (Lipinski definition) is 1. The molecule has 0 unspecified atom stereocenters. The van der Waals surface area contributed by atoms with Gasteiger partial charge in [0.15, 0.2) is 0 Å². The predicted octanol–water partition coefficient (Wildman–Crippen LogP) is 4.17. The Bertz CT molecular complexity index is 598. The van der Waals surface area contributed by atoms with Crippen LogP contribution in [0.1, 0.15) is 42.0 Å². The van der Waals surface area contributed by atoms with E-state index in [1.807, 2.05) is 13.0 Å². The van der Waals surface area contributed by atoms with Crippen molar-refractivity contribution in [2.45, 2.75) is 51.5 Å². The smallest absolute Gasteiger partial charge is 0.225 e. The highest BCUT2D eigenvalue weighted by atomic mass is 32.1. The van der Waals surface area contributed by atoms with Gasteiger partial charge in [-0.3, -0.25) is 4.79 Å². The molecule has 0 spiro atoms. The van der Waals surface area contributed by atoms with Crippen LogP contribution >= 0.6 is 22.7 Å². The van der Waals surface area contributed by atoms with Crippen LogP contribution in [0.3, 0.4) is 0 Å². The summed E-state index contributed by atoms with van der Waals surface area (Å²) >= 11 is 3.32. The predicted molar refractivity (Wildman–Crippen MR) is 88.9 cm³/mol. The summed E-state index contributed by atoms with van der Waals surface area (Å²) in [6.07, 6.45) is 6.50. The van der Waals surface area contributed by atoms with Crippen LogP contribution in [-0.4, -0.2) is 16.9 Å². The van der Waals surface area contributed by atoms with Crippen LogP contribution in [-0.2, 0) is 11.2 Å². The Kier molecular flexibility index (Phi) is 4.70. The van der Waals surface area contributed by atoms with E-state index in [1.165, 1.54) is 19.3 Å². The van der Waals surface area contributed by atoms with Gasteiger partial charge >= 0.3 is 0 Å². The second kappa shape index (κ2) is 6.71. The number of nitrogens with one attached hydrogen (secondary N) is 1.